The van der Waals surface area contributed by atoms with E-state index in [2.05, 4.69) is 44.4 Å². The summed E-state index contributed by atoms with van der Waals surface area (Å²) in [5, 5.41) is 17.0. The number of nitrogens with zero attached hydrogens (tertiary/aromatic N) is 2. The van der Waals surface area contributed by atoms with Crippen molar-refractivity contribution < 1.29 is 14.3 Å². The fraction of sp³-hybridized carbons (Fsp3) is 0.0455. The van der Waals surface area contributed by atoms with Crippen LogP contribution in [0.4, 0.5) is 0 Å². The van der Waals surface area contributed by atoms with Gasteiger partial charge in [0.25, 0.3) is 0 Å². The minimum Gasteiger partial charge on any atom is -0.481 e. The lowest BCUT2D eigenvalue weighted by Gasteiger charge is -1.97. The fourth-order valence-electron chi connectivity index (χ4n) is 3.23. The molecule has 3 heterocycles. The Morgan fingerprint density at radius 1 is 1.00 bits per heavy atom. The molecule has 0 amide bonds. The SMILES string of the molecule is O=C(O)CSc1n[nH]c(-c2ccc(-c3ccc4[nH]c(-c5ccccc5)cc4c3)o2)n1. The van der Waals surface area contributed by atoms with Gasteiger partial charge in [-0.2, -0.15) is 4.98 Å². The van der Waals surface area contributed by atoms with E-state index in [0.717, 1.165) is 39.5 Å². The number of H-pyrrole nitrogens is 2. The normalized spacial score (nSPS) is 11.2. The van der Waals surface area contributed by atoms with Gasteiger partial charge in [0.1, 0.15) is 5.76 Å². The van der Waals surface area contributed by atoms with Crippen LogP contribution in [-0.4, -0.2) is 37.0 Å². The van der Waals surface area contributed by atoms with E-state index >= 15 is 0 Å². The van der Waals surface area contributed by atoms with Crippen molar-refractivity contribution >= 4 is 28.6 Å². The van der Waals surface area contributed by atoms with Crippen molar-refractivity contribution in [1.82, 2.24) is 20.2 Å². The number of carboxylic acids is 1. The monoisotopic (exact) mass is 416 g/mol. The third kappa shape index (κ3) is 3.60. The predicted molar refractivity (Wildman–Crippen MR) is 115 cm³/mol. The summed E-state index contributed by atoms with van der Waals surface area (Å²) < 4.78 is 5.97. The maximum atomic E-state index is 10.7. The van der Waals surface area contributed by atoms with Gasteiger partial charge in [-0.05, 0) is 42.0 Å². The Morgan fingerprint density at radius 2 is 1.83 bits per heavy atom. The van der Waals surface area contributed by atoms with Crippen LogP contribution in [0.15, 0.2) is 76.3 Å². The van der Waals surface area contributed by atoms with Crippen LogP contribution in [-0.2, 0) is 4.79 Å². The molecule has 0 unspecified atom stereocenters. The molecule has 0 radical (unpaired) electrons. The largest absolute Gasteiger partial charge is 0.481 e. The van der Waals surface area contributed by atoms with E-state index in [4.69, 9.17) is 9.52 Å². The Labute approximate surface area is 175 Å². The second-order valence-corrected chi connectivity index (χ2v) is 7.61. The Balaban J connectivity index is 1.41. The van der Waals surface area contributed by atoms with Gasteiger partial charge in [0.15, 0.2) is 11.6 Å². The van der Waals surface area contributed by atoms with Crippen molar-refractivity contribution in [3.8, 4) is 34.2 Å². The van der Waals surface area contributed by atoms with Crippen LogP contribution < -0.4 is 0 Å². The molecule has 0 aliphatic rings. The number of carbonyl (C=O) groups is 1. The number of furan rings is 1. The third-order valence-electron chi connectivity index (χ3n) is 4.62. The number of rotatable bonds is 6. The predicted octanol–water partition coefficient (Wildman–Crippen LogP) is 5.06. The van der Waals surface area contributed by atoms with Crippen molar-refractivity contribution in [3.63, 3.8) is 0 Å². The first-order chi connectivity index (χ1) is 14.7. The van der Waals surface area contributed by atoms with Crippen molar-refractivity contribution in [3.05, 3.63) is 66.7 Å². The molecule has 0 spiro atoms. The highest BCUT2D eigenvalue weighted by molar-refractivity contribution is 7.99. The highest BCUT2D eigenvalue weighted by Gasteiger charge is 2.13. The molecule has 0 fully saturated rings. The Hall–Kier alpha value is -3.78. The highest BCUT2D eigenvalue weighted by atomic mass is 32.2. The van der Waals surface area contributed by atoms with E-state index in [9.17, 15) is 4.79 Å². The Morgan fingerprint density at radius 3 is 2.67 bits per heavy atom. The molecule has 2 aromatic carbocycles. The van der Waals surface area contributed by atoms with Gasteiger partial charge in [0.2, 0.25) is 5.16 Å². The van der Waals surface area contributed by atoms with E-state index in [0.29, 0.717) is 22.5 Å². The lowest BCUT2D eigenvalue weighted by molar-refractivity contribution is -0.133. The zero-order valence-corrected chi connectivity index (χ0v) is 16.4. The molecule has 8 heteroatoms. The van der Waals surface area contributed by atoms with E-state index in [1.54, 1.807) is 0 Å². The average Bonchev–Trinajstić information content (AvgIpc) is 3.51. The van der Waals surface area contributed by atoms with E-state index in [1.807, 2.05) is 42.5 Å². The Bertz CT molecular complexity index is 1340. The topological polar surface area (TPSA) is 108 Å². The quantitative estimate of drug-likeness (QED) is 0.334. The number of hydrogen-bond donors (Lipinski definition) is 3. The number of fused-ring (bicyclic) bond motifs is 1. The van der Waals surface area contributed by atoms with Crippen molar-refractivity contribution in [1.29, 1.82) is 0 Å². The van der Waals surface area contributed by atoms with Gasteiger partial charge in [-0.25, -0.2) is 0 Å². The van der Waals surface area contributed by atoms with Crippen LogP contribution >= 0.6 is 11.8 Å². The zero-order chi connectivity index (χ0) is 20.5. The summed E-state index contributed by atoms with van der Waals surface area (Å²) in [4.78, 5) is 18.4. The van der Waals surface area contributed by atoms with Gasteiger partial charge in [-0.1, -0.05) is 42.1 Å². The van der Waals surface area contributed by atoms with Crippen molar-refractivity contribution in [2.45, 2.75) is 5.16 Å². The second kappa shape index (κ2) is 7.57. The maximum Gasteiger partial charge on any atom is 0.313 e. The molecule has 7 nitrogen and oxygen atoms in total. The summed E-state index contributed by atoms with van der Waals surface area (Å²) in [5.41, 5.74) is 4.21. The van der Waals surface area contributed by atoms with Gasteiger partial charge in [0.05, 0.1) is 5.75 Å². The van der Waals surface area contributed by atoms with Crippen LogP contribution in [0, 0.1) is 0 Å². The molecule has 0 saturated carbocycles. The van der Waals surface area contributed by atoms with E-state index in [1.165, 1.54) is 0 Å². The van der Waals surface area contributed by atoms with Crippen molar-refractivity contribution in [2.75, 3.05) is 5.75 Å². The highest BCUT2D eigenvalue weighted by Crippen LogP contribution is 2.31. The second-order valence-electron chi connectivity index (χ2n) is 6.66. The number of aliphatic carboxylic acids is 1. The molecule has 5 aromatic rings. The minimum atomic E-state index is -0.915. The zero-order valence-electron chi connectivity index (χ0n) is 15.6. The fourth-order valence-corrected chi connectivity index (χ4v) is 3.75. The van der Waals surface area contributed by atoms with E-state index in [-0.39, 0.29) is 5.75 Å². The van der Waals surface area contributed by atoms with Gasteiger partial charge < -0.3 is 14.5 Å². The first kappa shape index (κ1) is 18.3. The summed E-state index contributed by atoms with van der Waals surface area (Å²) in [5.74, 6) is 0.706. The lowest BCUT2D eigenvalue weighted by Crippen LogP contribution is -1.97. The number of nitrogens with one attached hydrogen (secondary N) is 2. The molecule has 0 bridgehead atoms. The number of aromatic nitrogens is 4. The van der Waals surface area contributed by atoms with Crippen LogP contribution in [0.2, 0.25) is 0 Å². The lowest BCUT2D eigenvalue weighted by atomic mass is 10.1. The summed E-state index contributed by atoms with van der Waals surface area (Å²) in [6.45, 7) is 0. The number of benzene rings is 2. The molecule has 3 N–H and O–H groups in total. The molecular formula is C22H16N4O3S. The smallest absolute Gasteiger partial charge is 0.313 e. The minimum absolute atomic E-state index is 0.0949. The average molecular weight is 416 g/mol. The third-order valence-corrected chi connectivity index (χ3v) is 5.45. The summed E-state index contributed by atoms with van der Waals surface area (Å²) >= 11 is 1.05. The van der Waals surface area contributed by atoms with Gasteiger partial charge in [0, 0.05) is 22.2 Å². The van der Waals surface area contributed by atoms with E-state index < -0.39 is 5.97 Å². The molecule has 0 saturated heterocycles. The first-order valence-electron chi connectivity index (χ1n) is 9.21. The van der Waals surface area contributed by atoms with Gasteiger partial charge in [-0.3, -0.25) is 9.89 Å². The van der Waals surface area contributed by atoms with Gasteiger partial charge >= 0.3 is 5.97 Å². The summed E-state index contributed by atoms with van der Waals surface area (Å²) in [6, 6.07) is 22.1. The first-order valence-corrected chi connectivity index (χ1v) is 10.2. The number of thioether (sulfide) groups is 1. The number of carboxylic acid groups (broad SMARTS) is 1. The van der Waals surface area contributed by atoms with Crippen LogP contribution in [0.1, 0.15) is 0 Å². The molecule has 5 rings (SSSR count). The standard InChI is InChI=1S/C22H16N4O3S/c27-20(28)12-30-22-24-21(25-26-22)19-9-8-18(29-19)14-6-7-16-15(10-14)11-17(23-16)13-4-2-1-3-5-13/h1-11,23H,12H2,(H,27,28)(H,24,25,26). The molecule has 0 atom stereocenters. The van der Waals surface area contributed by atoms with Crippen LogP contribution in [0.25, 0.3) is 45.1 Å². The number of hydrogen-bond acceptors (Lipinski definition) is 5. The molecule has 148 valence electrons. The molecule has 0 aliphatic heterocycles. The molecular weight excluding hydrogens is 400 g/mol. The summed E-state index contributed by atoms with van der Waals surface area (Å²) in [6.07, 6.45) is 0. The Kier molecular flexibility index (Phi) is 4.61. The van der Waals surface area contributed by atoms with Gasteiger partial charge in [-0.15, -0.1) is 5.10 Å². The summed E-state index contributed by atoms with van der Waals surface area (Å²) in [7, 11) is 0. The van der Waals surface area contributed by atoms with Crippen molar-refractivity contribution in [2.24, 2.45) is 0 Å². The van der Waals surface area contributed by atoms with Crippen LogP contribution in [0.5, 0.6) is 0 Å². The molecule has 0 aliphatic carbocycles. The molecule has 3 aromatic heterocycles. The number of aromatic amines is 2. The molecule has 30 heavy (non-hydrogen) atoms. The van der Waals surface area contributed by atoms with Crippen LogP contribution in [0.3, 0.4) is 0 Å². The maximum absolute atomic E-state index is 10.7.